The smallest absolute Gasteiger partial charge is 0.150 e. The molecule has 3 nitrogen and oxygen atoms in total. The molecule has 0 unspecified atom stereocenters. The molecule has 0 aliphatic carbocycles. The highest BCUT2D eigenvalue weighted by Gasteiger charge is 2.14. The monoisotopic (exact) mass is 372 g/mol. The summed E-state index contributed by atoms with van der Waals surface area (Å²) in [5.41, 5.74) is 5.59. The van der Waals surface area contributed by atoms with E-state index < -0.39 is 0 Å². The van der Waals surface area contributed by atoms with Crippen LogP contribution >= 0.6 is 11.6 Å². The number of hydrogen-bond acceptors (Lipinski definition) is 2. The van der Waals surface area contributed by atoms with E-state index in [1.807, 2.05) is 59.4 Å². The predicted octanol–water partition coefficient (Wildman–Crippen LogP) is 6.02. The van der Waals surface area contributed by atoms with E-state index in [4.69, 9.17) is 11.6 Å². The van der Waals surface area contributed by atoms with E-state index in [0.717, 1.165) is 39.4 Å². The normalized spacial score (nSPS) is 10.9. The Morgan fingerprint density at radius 3 is 2.41 bits per heavy atom. The van der Waals surface area contributed by atoms with Gasteiger partial charge in [-0.15, -0.1) is 6.58 Å². The maximum Gasteiger partial charge on any atom is 0.150 e. The Kier molecular flexibility index (Phi) is 4.61. The van der Waals surface area contributed by atoms with Crippen molar-refractivity contribution >= 4 is 28.8 Å². The molecular weight excluding hydrogens is 356 g/mol. The number of rotatable bonds is 5. The van der Waals surface area contributed by atoms with Crippen LogP contribution in [0.4, 0.5) is 0 Å². The van der Waals surface area contributed by atoms with Crippen LogP contribution in [0.5, 0.6) is 0 Å². The van der Waals surface area contributed by atoms with E-state index in [9.17, 15) is 4.79 Å². The van der Waals surface area contributed by atoms with Crippen LogP contribution in [0, 0.1) is 0 Å². The summed E-state index contributed by atoms with van der Waals surface area (Å²) >= 11 is 6.81. The Labute approximate surface area is 162 Å². The molecule has 0 saturated heterocycles. The second-order valence-electron chi connectivity index (χ2n) is 6.26. The van der Waals surface area contributed by atoms with Gasteiger partial charge in [0, 0.05) is 22.1 Å². The summed E-state index contributed by atoms with van der Waals surface area (Å²) in [6, 6.07) is 19.5. The highest BCUT2D eigenvalue weighted by Crippen LogP contribution is 2.39. The van der Waals surface area contributed by atoms with E-state index in [2.05, 4.69) is 17.7 Å². The average Bonchev–Trinajstić information content (AvgIpc) is 3.12. The van der Waals surface area contributed by atoms with Crippen molar-refractivity contribution in [3.8, 4) is 22.3 Å². The Balaban J connectivity index is 1.87. The highest BCUT2D eigenvalue weighted by atomic mass is 35.5. The third-order valence-corrected chi connectivity index (χ3v) is 5.04. The molecule has 0 N–H and O–H groups in total. The van der Waals surface area contributed by atoms with Gasteiger partial charge >= 0.3 is 0 Å². The predicted molar refractivity (Wildman–Crippen MR) is 111 cm³/mol. The van der Waals surface area contributed by atoms with Crippen molar-refractivity contribution in [1.29, 1.82) is 0 Å². The number of carbonyl (C=O) groups excluding carboxylic acids is 1. The van der Waals surface area contributed by atoms with Gasteiger partial charge in [0.25, 0.3) is 0 Å². The average molecular weight is 373 g/mol. The minimum Gasteiger partial charge on any atom is -0.298 e. The molecule has 0 bridgehead atoms. The van der Waals surface area contributed by atoms with Crippen molar-refractivity contribution in [2.24, 2.45) is 0 Å². The van der Waals surface area contributed by atoms with Gasteiger partial charge in [0.15, 0.2) is 0 Å². The number of fused-ring (bicyclic) bond motifs is 1. The number of halogens is 1. The van der Waals surface area contributed by atoms with E-state index >= 15 is 0 Å². The molecule has 0 saturated carbocycles. The molecule has 0 spiro atoms. The number of aldehydes is 1. The zero-order chi connectivity index (χ0) is 18.8. The van der Waals surface area contributed by atoms with Crippen molar-refractivity contribution in [2.75, 3.05) is 0 Å². The summed E-state index contributed by atoms with van der Waals surface area (Å²) in [5.74, 6) is 0. The Morgan fingerprint density at radius 2 is 1.67 bits per heavy atom. The summed E-state index contributed by atoms with van der Waals surface area (Å²) in [4.78, 5) is 10.9. The molecule has 0 atom stereocenters. The van der Waals surface area contributed by atoms with Crippen LogP contribution < -0.4 is 0 Å². The summed E-state index contributed by atoms with van der Waals surface area (Å²) in [6.07, 6.45) is 4.54. The Morgan fingerprint density at radius 1 is 0.963 bits per heavy atom. The molecule has 4 aromatic rings. The number of hydrogen-bond donors (Lipinski definition) is 0. The molecule has 132 valence electrons. The molecule has 4 rings (SSSR count). The van der Waals surface area contributed by atoms with Crippen LogP contribution in [0.3, 0.4) is 0 Å². The molecule has 0 amide bonds. The molecule has 0 aliphatic heterocycles. The molecule has 0 radical (unpaired) electrons. The van der Waals surface area contributed by atoms with Crippen LogP contribution in [0.1, 0.15) is 10.4 Å². The van der Waals surface area contributed by atoms with Gasteiger partial charge in [-0.1, -0.05) is 72.3 Å². The molecule has 3 aromatic carbocycles. The van der Waals surface area contributed by atoms with Gasteiger partial charge in [-0.25, -0.2) is 0 Å². The van der Waals surface area contributed by atoms with Gasteiger partial charge in [0.2, 0.25) is 0 Å². The van der Waals surface area contributed by atoms with Crippen molar-refractivity contribution in [2.45, 2.75) is 6.54 Å². The zero-order valence-electron chi connectivity index (χ0n) is 14.6. The van der Waals surface area contributed by atoms with Gasteiger partial charge in [0.1, 0.15) is 6.29 Å². The summed E-state index contributed by atoms with van der Waals surface area (Å²) < 4.78 is 1.92. The van der Waals surface area contributed by atoms with Crippen molar-refractivity contribution in [1.82, 2.24) is 9.78 Å². The Bertz CT molecular complexity index is 1140. The minimum atomic E-state index is 0.644. The number of allylic oxidation sites excluding steroid dienone is 1. The lowest BCUT2D eigenvalue weighted by Gasteiger charge is -2.11. The summed E-state index contributed by atoms with van der Waals surface area (Å²) in [7, 11) is 0. The number of aromatic nitrogens is 2. The number of carbonyl (C=O) groups is 1. The zero-order valence-corrected chi connectivity index (χ0v) is 15.4. The third kappa shape index (κ3) is 3.07. The molecule has 1 aromatic heterocycles. The van der Waals surface area contributed by atoms with Crippen LogP contribution in [0.25, 0.3) is 33.2 Å². The van der Waals surface area contributed by atoms with Gasteiger partial charge < -0.3 is 0 Å². The quantitative estimate of drug-likeness (QED) is 0.317. The first-order valence-corrected chi connectivity index (χ1v) is 9.00. The highest BCUT2D eigenvalue weighted by molar-refractivity contribution is 6.36. The van der Waals surface area contributed by atoms with Crippen LogP contribution in [0.2, 0.25) is 5.02 Å². The molecule has 4 heteroatoms. The maximum atomic E-state index is 10.9. The maximum absolute atomic E-state index is 10.9. The minimum absolute atomic E-state index is 0.644. The molecule has 0 aliphatic rings. The second-order valence-corrected chi connectivity index (χ2v) is 6.64. The van der Waals surface area contributed by atoms with Gasteiger partial charge in [0.05, 0.1) is 23.3 Å². The van der Waals surface area contributed by atoms with Gasteiger partial charge in [-0.3, -0.25) is 9.48 Å². The fraction of sp³-hybridized carbons (Fsp3) is 0.0435. The van der Waals surface area contributed by atoms with E-state index in [1.165, 1.54) is 0 Å². The Hall–Kier alpha value is -3.17. The van der Waals surface area contributed by atoms with Crippen molar-refractivity contribution < 1.29 is 4.79 Å². The summed E-state index contributed by atoms with van der Waals surface area (Å²) in [5, 5.41) is 6.20. The molecule has 0 fully saturated rings. The van der Waals surface area contributed by atoms with Crippen molar-refractivity contribution in [3.05, 3.63) is 90.1 Å². The third-order valence-electron chi connectivity index (χ3n) is 4.64. The van der Waals surface area contributed by atoms with Gasteiger partial charge in [-0.2, -0.15) is 5.10 Å². The topological polar surface area (TPSA) is 34.9 Å². The largest absolute Gasteiger partial charge is 0.298 e. The van der Waals surface area contributed by atoms with Crippen LogP contribution in [-0.4, -0.2) is 16.1 Å². The van der Waals surface area contributed by atoms with Crippen LogP contribution in [-0.2, 0) is 6.54 Å². The number of benzene rings is 3. The lowest BCUT2D eigenvalue weighted by Crippen LogP contribution is -1.96. The van der Waals surface area contributed by atoms with E-state index in [0.29, 0.717) is 17.1 Å². The first-order valence-electron chi connectivity index (χ1n) is 8.63. The molecular formula is C23H17ClN2O. The lowest BCUT2D eigenvalue weighted by atomic mass is 9.96. The SMILES string of the molecule is C=CCn1ncc2c(-c3cccc(-c4ccc(C=O)cc4)c3Cl)cccc21. The standard InChI is InChI=1S/C23H17ClN2O/c1-2-13-26-22-8-4-6-19(21(22)14-25-26)20-7-3-5-18(23(20)24)17-11-9-16(15-27)10-12-17/h2-12,14-15H,1,13H2. The lowest BCUT2D eigenvalue weighted by molar-refractivity contribution is 0.112. The fourth-order valence-electron chi connectivity index (χ4n) is 3.31. The van der Waals surface area contributed by atoms with Crippen LogP contribution in [0.15, 0.2) is 79.5 Å². The van der Waals surface area contributed by atoms with Crippen molar-refractivity contribution in [3.63, 3.8) is 0 Å². The number of nitrogens with zero attached hydrogens (tertiary/aromatic N) is 2. The van der Waals surface area contributed by atoms with Gasteiger partial charge in [-0.05, 0) is 17.2 Å². The summed E-state index contributed by atoms with van der Waals surface area (Å²) in [6.45, 7) is 4.45. The fourth-order valence-corrected chi connectivity index (χ4v) is 3.65. The molecule has 27 heavy (non-hydrogen) atoms. The molecule has 1 heterocycles. The van der Waals surface area contributed by atoms with E-state index in [1.54, 1.807) is 12.1 Å². The first-order chi connectivity index (χ1) is 13.2. The second kappa shape index (κ2) is 7.22. The first kappa shape index (κ1) is 17.3. The van der Waals surface area contributed by atoms with E-state index in [-0.39, 0.29) is 0 Å².